The van der Waals surface area contributed by atoms with Crippen LogP contribution in [-0.2, 0) is 19.7 Å². The van der Waals surface area contributed by atoms with Crippen LogP contribution >= 0.6 is 7.26 Å². The summed E-state index contributed by atoms with van der Waals surface area (Å²) in [6.45, 7) is 0. The summed E-state index contributed by atoms with van der Waals surface area (Å²) < 4.78 is 128. The fourth-order valence-corrected chi connectivity index (χ4v) is 11.1. The zero-order chi connectivity index (χ0) is 27.5. The number of halogens is 6. The molecule has 0 aromatic heterocycles. The van der Waals surface area contributed by atoms with E-state index in [0.29, 0.717) is 5.56 Å². The molecular formula is C24H17F6O4PS2. The van der Waals surface area contributed by atoms with E-state index in [1.165, 1.54) is 72.8 Å². The van der Waals surface area contributed by atoms with Crippen molar-refractivity contribution in [3.05, 3.63) is 101 Å². The van der Waals surface area contributed by atoms with Crippen molar-refractivity contribution in [2.75, 3.05) is 6.16 Å². The maximum absolute atomic E-state index is 13.6. The second-order valence-corrected chi connectivity index (χ2v) is 14.9. The Morgan fingerprint density at radius 1 is 0.622 bits per heavy atom. The molecule has 3 aromatic carbocycles. The van der Waals surface area contributed by atoms with Crippen molar-refractivity contribution in [3.63, 3.8) is 0 Å². The summed E-state index contributed by atoms with van der Waals surface area (Å²) in [5.41, 5.74) is -9.55. The molecule has 0 aliphatic heterocycles. The molecule has 0 saturated carbocycles. The van der Waals surface area contributed by atoms with Gasteiger partial charge in [-0.05, 0) is 53.1 Å². The maximum Gasteiger partial charge on any atom is 0.469 e. The molecule has 196 valence electrons. The molecule has 0 amide bonds. The van der Waals surface area contributed by atoms with Crippen LogP contribution in [0.25, 0.3) is 0 Å². The van der Waals surface area contributed by atoms with Gasteiger partial charge in [0.15, 0.2) is 0 Å². The number of hydrogen-bond acceptors (Lipinski definition) is 4. The van der Waals surface area contributed by atoms with Crippen LogP contribution in [0.1, 0.15) is 5.56 Å². The van der Waals surface area contributed by atoms with Gasteiger partial charge in [0.1, 0.15) is 37.5 Å². The molecule has 0 unspecified atom stereocenters. The van der Waals surface area contributed by atoms with Crippen molar-refractivity contribution >= 4 is 37.5 Å². The predicted octanol–water partition coefficient (Wildman–Crippen LogP) is 5.02. The van der Waals surface area contributed by atoms with Gasteiger partial charge < -0.3 is 0 Å². The average Bonchev–Trinajstić information content (AvgIpc) is 2.84. The number of sulfone groups is 2. The summed E-state index contributed by atoms with van der Waals surface area (Å²) in [7, 11) is -17.8. The molecule has 0 atom stereocenters. The van der Waals surface area contributed by atoms with Crippen molar-refractivity contribution in [2.24, 2.45) is 0 Å². The zero-order valence-corrected chi connectivity index (χ0v) is 21.1. The highest BCUT2D eigenvalue weighted by Gasteiger charge is 2.57. The van der Waals surface area contributed by atoms with E-state index in [2.05, 4.69) is 11.6 Å². The molecule has 0 aliphatic rings. The second kappa shape index (κ2) is 10.5. The molecule has 0 saturated heterocycles. The largest absolute Gasteiger partial charge is 0.469 e. The topological polar surface area (TPSA) is 68.3 Å². The Morgan fingerprint density at radius 3 is 1.32 bits per heavy atom. The van der Waals surface area contributed by atoms with Crippen molar-refractivity contribution in [1.29, 1.82) is 0 Å². The SMILES string of the molecule is O=S(=O)([C-](C[P+](C#Cc1ccccc1)(c1ccccc1)c1ccccc1)S(=O)(=O)C(F)(F)F)C(F)(F)F. The molecule has 0 spiro atoms. The highest BCUT2D eigenvalue weighted by molar-refractivity contribution is 8.14. The Labute approximate surface area is 210 Å². The lowest BCUT2D eigenvalue weighted by Crippen LogP contribution is -2.43. The van der Waals surface area contributed by atoms with Gasteiger partial charge in [0.05, 0.1) is 5.66 Å². The quantitative estimate of drug-likeness (QED) is 0.178. The predicted molar refractivity (Wildman–Crippen MR) is 130 cm³/mol. The Balaban J connectivity index is 2.44. The van der Waals surface area contributed by atoms with Crippen LogP contribution in [-0.4, -0.2) is 34.0 Å². The Hall–Kier alpha value is -2.87. The second-order valence-electron chi connectivity index (χ2n) is 7.51. The fraction of sp³-hybridized carbons (Fsp3) is 0.125. The average molecular weight is 578 g/mol. The van der Waals surface area contributed by atoms with E-state index in [-0.39, 0.29) is 10.6 Å². The van der Waals surface area contributed by atoms with Gasteiger partial charge in [-0.15, -0.1) is 0 Å². The third kappa shape index (κ3) is 5.84. The Morgan fingerprint density at radius 2 is 0.973 bits per heavy atom. The van der Waals surface area contributed by atoms with Crippen molar-refractivity contribution < 1.29 is 43.2 Å². The van der Waals surface area contributed by atoms with Gasteiger partial charge in [0.2, 0.25) is 0 Å². The molecule has 0 N–H and O–H groups in total. The molecule has 0 heterocycles. The minimum atomic E-state index is -6.94. The minimum Gasteiger partial charge on any atom is -0.252 e. The van der Waals surface area contributed by atoms with Crippen LogP contribution in [0.4, 0.5) is 26.3 Å². The Kier molecular flexibility index (Phi) is 8.13. The van der Waals surface area contributed by atoms with Gasteiger partial charge >= 0.3 is 11.0 Å². The summed E-state index contributed by atoms with van der Waals surface area (Å²) in [4.78, 5) is 0. The van der Waals surface area contributed by atoms with Crippen molar-refractivity contribution in [2.45, 2.75) is 11.0 Å². The minimum absolute atomic E-state index is 0.0943. The lowest BCUT2D eigenvalue weighted by Gasteiger charge is -2.35. The van der Waals surface area contributed by atoms with E-state index < -0.39 is 48.7 Å². The number of rotatable bonds is 6. The van der Waals surface area contributed by atoms with Crippen LogP contribution in [0.15, 0.2) is 91.0 Å². The summed E-state index contributed by atoms with van der Waals surface area (Å²) in [5, 5.41) is 0.189. The first-order valence-corrected chi connectivity index (χ1v) is 15.1. The molecular weight excluding hydrogens is 561 g/mol. The molecule has 0 aliphatic carbocycles. The van der Waals surface area contributed by atoms with Gasteiger partial charge in [-0.1, -0.05) is 54.6 Å². The van der Waals surface area contributed by atoms with E-state index in [1.807, 2.05) is 0 Å². The van der Waals surface area contributed by atoms with Gasteiger partial charge in [-0.3, -0.25) is 16.8 Å². The number of hydrogen-bond donors (Lipinski definition) is 0. The summed E-state index contributed by atoms with van der Waals surface area (Å²) in [6, 6.07) is 22.1. The number of alkyl halides is 6. The van der Waals surface area contributed by atoms with E-state index in [4.69, 9.17) is 0 Å². The van der Waals surface area contributed by atoms with Crippen LogP contribution < -0.4 is 10.6 Å². The van der Waals surface area contributed by atoms with Crippen molar-refractivity contribution in [1.82, 2.24) is 0 Å². The van der Waals surface area contributed by atoms with E-state index in [1.54, 1.807) is 18.2 Å². The number of benzene rings is 3. The van der Waals surface area contributed by atoms with Crippen molar-refractivity contribution in [3.8, 4) is 11.6 Å². The monoisotopic (exact) mass is 578 g/mol. The molecule has 4 nitrogen and oxygen atoms in total. The van der Waals surface area contributed by atoms with Crippen LogP contribution in [0.2, 0.25) is 0 Å². The van der Waals surface area contributed by atoms with E-state index in [9.17, 15) is 43.2 Å². The highest BCUT2D eigenvalue weighted by Crippen LogP contribution is 2.60. The first kappa shape index (κ1) is 28.7. The lowest BCUT2D eigenvalue weighted by atomic mass is 10.2. The first-order valence-electron chi connectivity index (χ1n) is 10.2. The van der Waals surface area contributed by atoms with Crippen LogP contribution in [0.3, 0.4) is 0 Å². The van der Waals surface area contributed by atoms with Gasteiger partial charge in [-0.2, -0.15) is 26.3 Å². The smallest absolute Gasteiger partial charge is 0.252 e. The normalized spacial score (nSPS) is 13.2. The van der Waals surface area contributed by atoms with Crippen LogP contribution in [0, 0.1) is 16.2 Å². The summed E-state index contributed by atoms with van der Waals surface area (Å²) in [5.74, 6) is 2.70. The highest BCUT2D eigenvalue weighted by atomic mass is 32.3. The molecule has 13 heteroatoms. The van der Waals surface area contributed by atoms with Crippen LogP contribution in [0.5, 0.6) is 0 Å². The zero-order valence-electron chi connectivity index (χ0n) is 18.5. The van der Waals surface area contributed by atoms with Gasteiger partial charge in [0, 0.05) is 5.56 Å². The molecule has 37 heavy (non-hydrogen) atoms. The molecule has 3 rings (SSSR count). The maximum atomic E-state index is 13.6. The fourth-order valence-electron chi connectivity index (χ4n) is 3.31. The summed E-state index contributed by atoms with van der Waals surface area (Å²) >= 11 is 0. The molecule has 3 aromatic rings. The standard InChI is InChI=1S/C24H17F6O4PS2/c25-23(26,27)36(31,32)22(37(33,34)24(28,29)30)18-35(20-12-6-2-7-13-20,21-14-8-3-9-15-21)17-16-19-10-4-1-5-11-19/h1-15H,18H2. The third-order valence-corrected chi connectivity index (χ3v) is 13.2. The third-order valence-electron chi connectivity index (χ3n) is 5.13. The molecule has 0 fully saturated rings. The van der Waals surface area contributed by atoms with Gasteiger partial charge in [-0.25, -0.2) is 0 Å². The molecule has 0 bridgehead atoms. The van der Waals surface area contributed by atoms with E-state index in [0.717, 1.165) is 0 Å². The van der Waals surface area contributed by atoms with Gasteiger partial charge in [0.25, 0.3) is 0 Å². The Bertz CT molecular complexity index is 1410. The van der Waals surface area contributed by atoms with E-state index >= 15 is 0 Å². The first-order chi connectivity index (χ1) is 17.1. The molecule has 0 radical (unpaired) electrons. The lowest BCUT2D eigenvalue weighted by molar-refractivity contribution is -0.0453. The summed E-state index contributed by atoms with van der Waals surface area (Å²) in [6.07, 6.45) is -1.65.